The number of nitriles is 1. The van der Waals surface area contributed by atoms with Crippen LogP contribution in [0.1, 0.15) is 15.4 Å². The average Bonchev–Trinajstić information content (AvgIpc) is 2.88. The molecule has 0 spiro atoms. The van der Waals surface area contributed by atoms with Crippen LogP contribution in [0.25, 0.3) is 0 Å². The first-order valence-electron chi connectivity index (χ1n) is 5.14. The lowest BCUT2D eigenvalue weighted by Crippen LogP contribution is -2.12. The molecule has 0 amide bonds. The molecule has 2 N–H and O–H groups in total. The second-order valence-corrected chi connectivity index (χ2v) is 6.57. The Morgan fingerprint density at radius 2 is 2.10 bits per heavy atom. The monoisotopic (exact) mass is 309 g/mol. The summed E-state index contributed by atoms with van der Waals surface area (Å²) in [5.41, 5.74) is -0.0438. The Labute approximate surface area is 118 Å². The van der Waals surface area contributed by atoms with Gasteiger partial charge in [0, 0.05) is 0 Å². The molecule has 0 unspecified atom stereocenters. The maximum absolute atomic E-state index is 12.0. The molecule has 7 nitrogen and oxygen atoms in total. The van der Waals surface area contributed by atoms with E-state index in [2.05, 4.69) is 9.71 Å². The molecule has 9 heteroatoms. The Bertz CT molecular complexity index is 788. The van der Waals surface area contributed by atoms with Crippen LogP contribution in [0.15, 0.2) is 34.7 Å². The lowest BCUT2D eigenvalue weighted by Gasteiger charge is -2.05. The standard InChI is InChI=1S/C11H7N3O4S2/c12-5-8-2-4-10(19-8)20(17,18)14-7-1-3-9(11(15)16)13-6-7/h1-4,6,14H,(H,15,16). The van der Waals surface area contributed by atoms with Crippen molar-refractivity contribution >= 4 is 33.0 Å². The van der Waals surface area contributed by atoms with Crippen LogP contribution in [0.5, 0.6) is 0 Å². The van der Waals surface area contributed by atoms with E-state index >= 15 is 0 Å². The Kier molecular flexibility index (Phi) is 3.69. The van der Waals surface area contributed by atoms with E-state index in [0.29, 0.717) is 0 Å². The van der Waals surface area contributed by atoms with Crippen molar-refractivity contribution in [2.45, 2.75) is 4.21 Å². The van der Waals surface area contributed by atoms with Gasteiger partial charge in [0.25, 0.3) is 10.0 Å². The summed E-state index contributed by atoms with van der Waals surface area (Å²) in [5.74, 6) is -1.20. The molecule has 0 aliphatic carbocycles. The number of anilines is 1. The molecule has 0 bridgehead atoms. The SMILES string of the molecule is N#Cc1ccc(S(=O)(=O)Nc2ccc(C(=O)O)nc2)s1. The first kappa shape index (κ1) is 14.0. The van der Waals surface area contributed by atoms with Gasteiger partial charge in [-0.25, -0.2) is 18.2 Å². The number of aromatic carboxylic acids is 1. The van der Waals surface area contributed by atoms with Gasteiger partial charge < -0.3 is 5.11 Å². The van der Waals surface area contributed by atoms with E-state index in [1.165, 1.54) is 24.3 Å². The van der Waals surface area contributed by atoms with Gasteiger partial charge in [0.15, 0.2) is 0 Å². The number of sulfonamides is 1. The van der Waals surface area contributed by atoms with Crippen molar-refractivity contribution in [1.82, 2.24) is 4.98 Å². The minimum Gasteiger partial charge on any atom is -0.477 e. The molecular formula is C11H7N3O4S2. The number of aromatic nitrogens is 1. The van der Waals surface area contributed by atoms with Crippen molar-refractivity contribution in [3.8, 4) is 6.07 Å². The van der Waals surface area contributed by atoms with Gasteiger partial charge in [0.1, 0.15) is 20.8 Å². The molecule has 2 rings (SSSR count). The van der Waals surface area contributed by atoms with E-state index in [9.17, 15) is 13.2 Å². The molecule has 2 aromatic heterocycles. The molecule has 20 heavy (non-hydrogen) atoms. The molecule has 0 fully saturated rings. The molecule has 0 saturated carbocycles. The number of carboxylic acids is 1. The van der Waals surface area contributed by atoms with Crippen molar-refractivity contribution in [3.63, 3.8) is 0 Å². The lowest BCUT2D eigenvalue weighted by molar-refractivity contribution is 0.0690. The highest BCUT2D eigenvalue weighted by atomic mass is 32.2. The predicted octanol–water partition coefficient (Wildman–Crippen LogP) is 1.51. The average molecular weight is 309 g/mol. The van der Waals surface area contributed by atoms with E-state index in [-0.39, 0.29) is 20.5 Å². The number of pyridine rings is 1. The topological polar surface area (TPSA) is 120 Å². The third-order valence-electron chi connectivity index (χ3n) is 2.19. The normalized spacial score (nSPS) is 10.8. The Hall–Kier alpha value is -2.44. The van der Waals surface area contributed by atoms with E-state index in [0.717, 1.165) is 17.5 Å². The van der Waals surface area contributed by atoms with Crippen LogP contribution in [0.3, 0.4) is 0 Å². The third kappa shape index (κ3) is 2.93. The number of hydrogen-bond acceptors (Lipinski definition) is 6. The summed E-state index contributed by atoms with van der Waals surface area (Å²) in [6, 6.07) is 7.07. The van der Waals surface area contributed by atoms with Crippen LogP contribution in [0, 0.1) is 11.3 Å². The first-order chi connectivity index (χ1) is 9.42. The number of carboxylic acid groups (broad SMARTS) is 1. The number of nitrogens with one attached hydrogen (secondary N) is 1. The summed E-state index contributed by atoms with van der Waals surface area (Å²) in [6.07, 6.45) is 1.11. The van der Waals surface area contributed by atoms with Gasteiger partial charge in [0.2, 0.25) is 0 Å². The van der Waals surface area contributed by atoms with Gasteiger partial charge in [-0.05, 0) is 24.3 Å². The molecule has 0 aromatic carbocycles. The smallest absolute Gasteiger partial charge is 0.354 e. The van der Waals surface area contributed by atoms with Crippen LogP contribution >= 0.6 is 11.3 Å². The molecule has 0 atom stereocenters. The highest BCUT2D eigenvalue weighted by Gasteiger charge is 2.17. The molecule has 0 aliphatic rings. The molecule has 2 heterocycles. The Morgan fingerprint density at radius 3 is 2.60 bits per heavy atom. The summed E-state index contributed by atoms with van der Waals surface area (Å²) in [7, 11) is -3.81. The van der Waals surface area contributed by atoms with Crippen LogP contribution in [-0.2, 0) is 10.0 Å². The predicted molar refractivity (Wildman–Crippen MR) is 71.0 cm³/mol. The van der Waals surface area contributed by atoms with E-state index in [4.69, 9.17) is 10.4 Å². The molecule has 2 aromatic rings. The molecule has 0 saturated heterocycles. The van der Waals surface area contributed by atoms with Gasteiger partial charge in [-0.15, -0.1) is 11.3 Å². The van der Waals surface area contributed by atoms with Gasteiger partial charge in [-0.3, -0.25) is 4.72 Å². The number of thiophene rings is 1. The number of nitrogens with zero attached hydrogens (tertiary/aromatic N) is 2. The van der Waals surface area contributed by atoms with Crippen LogP contribution < -0.4 is 4.72 Å². The maximum atomic E-state index is 12.0. The van der Waals surface area contributed by atoms with Gasteiger partial charge >= 0.3 is 5.97 Å². The van der Waals surface area contributed by atoms with Crippen molar-refractivity contribution in [2.75, 3.05) is 4.72 Å². The van der Waals surface area contributed by atoms with Crippen molar-refractivity contribution in [3.05, 3.63) is 41.0 Å². The maximum Gasteiger partial charge on any atom is 0.354 e. The summed E-state index contributed by atoms with van der Waals surface area (Å²) >= 11 is 0.841. The summed E-state index contributed by atoms with van der Waals surface area (Å²) < 4.78 is 26.2. The van der Waals surface area contributed by atoms with Crippen molar-refractivity contribution in [2.24, 2.45) is 0 Å². The number of rotatable bonds is 4. The molecule has 102 valence electrons. The van der Waals surface area contributed by atoms with Crippen LogP contribution in [0.4, 0.5) is 5.69 Å². The van der Waals surface area contributed by atoms with Crippen LogP contribution in [-0.4, -0.2) is 24.5 Å². The van der Waals surface area contributed by atoms with Crippen LogP contribution in [0.2, 0.25) is 0 Å². The van der Waals surface area contributed by atoms with E-state index < -0.39 is 16.0 Å². The minimum atomic E-state index is -3.81. The highest BCUT2D eigenvalue weighted by molar-refractivity contribution is 7.94. The summed E-state index contributed by atoms with van der Waals surface area (Å²) in [4.78, 5) is 14.5. The van der Waals surface area contributed by atoms with E-state index in [1.54, 1.807) is 0 Å². The zero-order valence-corrected chi connectivity index (χ0v) is 11.4. The van der Waals surface area contributed by atoms with Gasteiger partial charge in [0.05, 0.1) is 11.9 Å². The summed E-state index contributed by atoms with van der Waals surface area (Å²) in [6.45, 7) is 0. The Balaban J connectivity index is 2.24. The largest absolute Gasteiger partial charge is 0.477 e. The minimum absolute atomic E-state index is 0.00337. The zero-order valence-electron chi connectivity index (χ0n) is 9.77. The molecule has 0 aliphatic heterocycles. The fourth-order valence-electron chi connectivity index (χ4n) is 1.31. The quantitative estimate of drug-likeness (QED) is 0.883. The second kappa shape index (κ2) is 5.28. The van der Waals surface area contributed by atoms with Crippen molar-refractivity contribution in [1.29, 1.82) is 5.26 Å². The highest BCUT2D eigenvalue weighted by Crippen LogP contribution is 2.23. The second-order valence-electron chi connectivity index (χ2n) is 3.57. The van der Waals surface area contributed by atoms with Gasteiger partial charge in [-0.2, -0.15) is 5.26 Å². The van der Waals surface area contributed by atoms with E-state index in [1.807, 2.05) is 6.07 Å². The lowest BCUT2D eigenvalue weighted by atomic mass is 10.3. The van der Waals surface area contributed by atoms with Crippen molar-refractivity contribution < 1.29 is 18.3 Å². The fraction of sp³-hybridized carbons (Fsp3) is 0. The molecular weight excluding hydrogens is 302 g/mol. The summed E-state index contributed by atoms with van der Waals surface area (Å²) in [5, 5.41) is 17.4. The fourth-order valence-corrected chi connectivity index (χ4v) is 3.46. The zero-order chi connectivity index (χ0) is 14.8. The molecule has 0 radical (unpaired) electrons. The number of carbonyl (C=O) groups is 1. The number of hydrogen-bond donors (Lipinski definition) is 2. The van der Waals surface area contributed by atoms with Gasteiger partial charge in [-0.1, -0.05) is 0 Å². The Morgan fingerprint density at radius 1 is 1.35 bits per heavy atom. The third-order valence-corrected chi connectivity index (χ3v) is 5.05. The first-order valence-corrected chi connectivity index (χ1v) is 7.44.